The molecule has 0 aliphatic rings. The first-order valence-corrected chi connectivity index (χ1v) is 6.20. The summed E-state index contributed by atoms with van der Waals surface area (Å²) in [6.45, 7) is 2.07. The van der Waals surface area contributed by atoms with Crippen molar-refractivity contribution in [2.24, 2.45) is 5.73 Å². The zero-order valence-electron chi connectivity index (χ0n) is 10.6. The molecule has 19 heavy (non-hydrogen) atoms. The molecule has 102 valence electrons. The van der Waals surface area contributed by atoms with E-state index in [4.69, 9.17) is 15.4 Å². The molecule has 0 aliphatic heterocycles. The summed E-state index contributed by atoms with van der Waals surface area (Å²) in [5, 5.41) is 12.9. The lowest BCUT2D eigenvalue weighted by atomic mass is 10.1. The first kappa shape index (κ1) is 13.5. The monoisotopic (exact) mass is 265 g/mol. The van der Waals surface area contributed by atoms with Gasteiger partial charge in [-0.3, -0.25) is 0 Å². The van der Waals surface area contributed by atoms with Gasteiger partial charge in [0.25, 0.3) is 0 Å². The number of hydrogen-bond acceptors (Lipinski definition) is 5. The largest absolute Gasteiger partial charge is 0.505 e. The van der Waals surface area contributed by atoms with E-state index in [2.05, 4.69) is 17.1 Å². The Kier molecular flexibility index (Phi) is 4.11. The number of rotatable bonds is 5. The van der Waals surface area contributed by atoms with Crippen molar-refractivity contribution in [3.05, 3.63) is 29.9 Å². The molecule has 0 saturated heterocycles. The minimum atomic E-state index is -0.723. The molecule has 0 bridgehead atoms. The lowest BCUT2D eigenvalue weighted by Crippen LogP contribution is -2.10. The number of unbranched alkanes of at least 4 members (excludes halogenated alkanes) is 1. The van der Waals surface area contributed by atoms with Crippen molar-refractivity contribution in [2.75, 3.05) is 0 Å². The first-order chi connectivity index (χ1) is 9.11. The average molecular weight is 265 g/mol. The van der Waals surface area contributed by atoms with E-state index in [1.54, 1.807) is 0 Å². The lowest BCUT2D eigenvalue weighted by molar-refractivity contribution is 0.346. The van der Waals surface area contributed by atoms with Gasteiger partial charge in [0, 0.05) is 5.56 Å². The highest BCUT2D eigenvalue weighted by Crippen LogP contribution is 2.24. The second-order valence-electron chi connectivity index (χ2n) is 4.37. The van der Waals surface area contributed by atoms with Crippen molar-refractivity contribution in [2.45, 2.75) is 32.2 Å². The molecule has 1 aromatic carbocycles. The zero-order chi connectivity index (χ0) is 13.8. The molecule has 1 aromatic heterocycles. The van der Waals surface area contributed by atoms with Crippen LogP contribution >= 0.6 is 0 Å². The molecule has 5 nitrogen and oxygen atoms in total. The summed E-state index contributed by atoms with van der Waals surface area (Å²) in [5.74, 6) is -0.524. The topological polar surface area (TPSA) is 85.2 Å². The van der Waals surface area contributed by atoms with Crippen LogP contribution in [0.1, 0.15) is 38.1 Å². The number of halogens is 1. The highest BCUT2D eigenvalue weighted by molar-refractivity contribution is 5.55. The Bertz CT molecular complexity index is 557. The van der Waals surface area contributed by atoms with Gasteiger partial charge in [0.05, 0.1) is 6.04 Å². The summed E-state index contributed by atoms with van der Waals surface area (Å²) >= 11 is 0. The molecule has 2 aromatic rings. The van der Waals surface area contributed by atoms with E-state index in [9.17, 15) is 4.39 Å². The molecule has 1 heterocycles. The van der Waals surface area contributed by atoms with Crippen LogP contribution in [0, 0.1) is 5.82 Å². The number of aromatic hydroxyl groups is 1. The second kappa shape index (κ2) is 5.79. The molecule has 0 spiro atoms. The predicted octanol–water partition coefficient (Wildman–Crippen LogP) is 2.77. The van der Waals surface area contributed by atoms with Crippen LogP contribution in [0.5, 0.6) is 5.75 Å². The normalized spacial score (nSPS) is 12.6. The van der Waals surface area contributed by atoms with Gasteiger partial charge in [0.1, 0.15) is 0 Å². The van der Waals surface area contributed by atoms with Crippen LogP contribution in [-0.2, 0) is 0 Å². The van der Waals surface area contributed by atoms with Crippen LogP contribution in [0.4, 0.5) is 4.39 Å². The first-order valence-electron chi connectivity index (χ1n) is 6.20. The fourth-order valence-corrected chi connectivity index (χ4v) is 1.70. The quantitative estimate of drug-likeness (QED) is 0.868. The molecule has 6 heteroatoms. The van der Waals surface area contributed by atoms with Crippen molar-refractivity contribution in [1.29, 1.82) is 0 Å². The SMILES string of the molecule is CCCCC(N)c1nc(-c2ccc(O)c(F)c2)no1. The number of benzene rings is 1. The highest BCUT2D eigenvalue weighted by atomic mass is 19.1. The van der Waals surface area contributed by atoms with Gasteiger partial charge >= 0.3 is 0 Å². The summed E-state index contributed by atoms with van der Waals surface area (Å²) in [4.78, 5) is 4.15. The summed E-state index contributed by atoms with van der Waals surface area (Å²) in [6.07, 6.45) is 2.78. The molecule has 0 fully saturated rings. The van der Waals surface area contributed by atoms with Crippen molar-refractivity contribution in [3.63, 3.8) is 0 Å². The van der Waals surface area contributed by atoms with E-state index in [0.29, 0.717) is 11.5 Å². The summed E-state index contributed by atoms with van der Waals surface area (Å²) in [6, 6.07) is 3.62. The third-order valence-corrected chi connectivity index (χ3v) is 2.83. The maximum Gasteiger partial charge on any atom is 0.243 e. The van der Waals surface area contributed by atoms with Gasteiger partial charge in [-0.2, -0.15) is 4.98 Å². The summed E-state index contributed by atoms with van der Waals surface area (Å²) in [5.41, 5.74) is 6.35. The second-order valence-corrected chi connectivity index (χ2v) is 4.37. The maximum atomic E-state index is 13.2. The fraction of sp³-hybridized carbons (Fsp3) is 0.385. The van der Waals surface area contributed by atoms with Crippen molar-refractivity contribution >= 4 is 0 Å². The molecule has 0 saturated carbocycles. The Balaban J connectivity index is 2.18. The van der Waals surface area contributed by atoms with Gasteiger partial charge in [-0.05, 0) is 24.6 Å². The van der Waals surface area contributed by atoms with E-state index in [-0.39, 0.29) is 11.9 Å². The van der Waals surface area contributed by atoms with Gasteiger partial charge in [-0.1, -0.05) is 24.9 Å². The standard InChI is InChI=1S/C13H16FN3O2/c1-2-3-4-10(15)13-16-12(17-19-13)8-5-6-11(18)9(14)7-8/h5-7,10,18H,2-4,15H2,1H3. The van der Waals surface area contributed by atoms with Gasteiger partial charge in [0.2, 0.25) is 11.7 Å². The lowest BCUT2D eigenvalue weighted by Gasteiger charge is -2.03. The van der Waals surface area contributed by atoms with Gasteiger partial charge in [-0.25, -0.2) is 4.39 Å². The van der Waals surface area contributed by atoms with Crippen LogP contribution in [0.25, 0.3) is 11.4 Å². The zero-order valence-corrected chi connectivity index (χ0v) is 10.6. The van der Waals surface area contributed by atoms with Crippen LogP contribution < -0.4 is 5.73 Å². The Hall–Kier alpha value is -1.95. The Labute approximate surface area is 110 Å². The van der Waals surface area contributed by atoms with Crippen molar-refractivity contribution < 1.29 is 14.0 Å². The van der Waals surface area contributed by atoms with Gasteiger partial charge in [0.15, 0.2) is 11.6 Å². The molecule has 3 N–H and O–H groups in total. The Morgan fingerprint density at radius 2 is 2.26 bits per heavy atom. The molecule has 2 rings (SSSR count). The van der Waals surface area contributed by atoms with Crippen LogP contribution in [0.2, 0.25) is 0 Å². The number of hydrogen-bond donors (Lipinski definition) is 2. The predicted molar refractivity (Wildman–Crippen MR) is 67.8 cm³/mol. The third-order valence-electron chi connectivity index (χ3n) is 2.83. The minimum Gasteiger partial charge on any atom is -0.505 e. The number of nitrogens with zero attached hydrogens (tertiary/aromatic N) is 2. The van der Waals surface area contributed by atoms with Crippen molar-refractivity contribution in [3.8, 4) is 17.1 Å². The van der Waals surface area contributed by atoms with Crippen LogP contribution in [0.15, 0.2) is 22.7 Å². The van der Waals surface area contributed by atoms with Crippen LogP contribution in [-0.4, -0.2) is 15.2 Å². The van der Waals surface area contributed by atoms with E-state index in [1.807, 2.05) is 0 Å². The molecular formula is C13H16FN3O2. The fourth-order valence-electron chi connectivity index (χ4n) is 1.70. The number of phenols is 1. The smallest absolute Gasteiger partial charge is 0.243 e. The number of phenolic OH excluding ortho intramolecular Hbond substituents is 1. The highest BCUT2D eigenvalue weighted by Gasteiger charge is 2.16. The van der Waals surface area contributed by atoms with Gasteiger partial charge < -0.3 is 15.4 Å². The van der Waals surface area contributed by atoms with Crippen LogP contribution in [0.3, 0.4) is 0 Å². The average Bonchev–Trinajstić information content (AvgIpc) is 2.89. The van der Waals surface area contributed by atoms with E-state index >= 15 is 0 Å². The molecule has 0 amide bonds. The maximum absolute atomic E-state index is 13.2. The van der Waals surface area contributed by atoms with Gasteiger partial charge in [-0.15, -0.1) is 0 Å². The van der Waals surface area contributed by atoms with E-state index in [0.717, 1.165) is 25.3 Å². The molecular weight excluding hydrogens is 249 g/mol. The molecule has 0 aliphatic carbocycles. The number of aromatic nitrogens is 2. The van der Waals surface area contributed by atoms with E-state index in [1.165, 1.54) is 12.1 Å². The Morgan fingerprint density at radius 3 is 2.95 bits per heavy atom. The number of nitrogens with two attached hydrogens (primary N) is 1. The summed E-state index contributed by atoms with van der Waals surface area (Å²) < 4.78 is 18.3. The van der Waals surface area contributed by atoms with Crippen molar-refractivity contribution in [1.82, 2.24) is 10.1 Å². The summed E-state index contributed by atoms with van der Waals surface area (Å²) in [7, 11) is 0. The molecule has 1 atom stereocenters. The molecule has 0 radical (unpaired) electrons. The molecule has 1 unspecified atom stereocenters. The Morgan fingerprint density at radius 1 is 1.47 bits per heavy atom. The third kappa shape index (κ3) is 3.08. The van der Waals surface area contributed by atoms with E-state index < -0.39 is 11.6 Å². The minimum absolute atomic E-state index is 0.265.